The quantitative estimate of drug-likeness (QED) is 0.168. The molecule has 14 rings (SSSR count). The van der Waals surface area contributed by atoms with E-state index in [1.54, 1.807) is 11.1 Å². The largest absolute Gasteiger partial charge is 0.228 e. The highest BCUT2D eigenvalue weighted by atomic mass is 14.9. The monoisotopic (exact) mass is 794 g/mol. The van der Waals surface area contributed by atoms with Crippen LogP contribution in [0.25, 0.3) is 89.2 Å². The van der Waals surface area contributed by atoms with Crippen molar-refractivity contribution in [1.82, 2.24) is 9.97 Å². The maximum atomic E-state index is 5.21. The molecule has 1 heterocycles. The summed E-state index contributed by atoms with van der Waals surface area (Å²) in [5, 5.41) is 2.72. The van der Waals surface area contributed by atoms with Crippen LogP contribution >= 0.6 is 0 Å². The molecule has 4 saturated carbocycles. The highest BCUT2D eigenvalue weighted by Gasteiger charge is 2.61. The van der Waals surface area contributed by atoms with Crippen molar-refractivity contribution in [3.63, 3.8) is 0 Å². The second-order valence-corrected chi connectivity index (χ2v) is 18.6. The molecule has 0 N–H and O–H groups in total. The molecular weight excluding hydrogens is 749 g/mol. The summed E-state index contributed by atoms with van der Waals surface area (Å²) >= 11 is 0. The Hall–Kier alpha value is -6.90. The van der Waals surface area contributed by atoms with Gasteiger partial charge in [-0.1, -0.05) is 164 Å². The van der Waals surface area contributed by atoms with E-state index < -0.39 is 0 Å². The molecule has 8 aromatic carbocycles. The lowest BCUT2D eigenvalue weighted by atomic mass is 9.43. The molecule has 0 amide bonds. The van der Waals surface area contributed by atoms with Gasteiger partial charge in [0.05, 0.1) is 11.4 Å². The summed E-state index contributed by atoms with van der Waals surface area (Å²) in [6.45, 7) is 0. The molecule has 5 aliphatic rings. The third-order valence-corrected chi connectivity index (χ3v) is 15.2. The fourth-order valence-electron chi connectivity index (χ4n) is 12.8. The summed E-state index contributed by atoms with van der Waals surface area (Å²) in [6.07, 6.45) is 7.00. The van der Waals surface area contributed by atoms with E-state index in [9.17, 15) is 0 Å². The number of aromatic nitrogens is 2. The average molecular weight is 795 g/mol. The van der Waals surface area contributed by atoms with Crippen LogP contribution in [0.3, 0.4) is 0 Å². The van der Waals surface area contributed by atoms with E-state index in [0.29, 0.717) is 0 Å². The summed E-state index contributed by atoms with van der Waals surface area (Å²) in [6, 6.07) is 71.4. The van der Waals surface area contributed by atoms with Gasteiger partial charge in [0.2, 0.25) is 0 Å². The first kappa shape index (κ1) is 35.8. The van der Waals surface area contributed by atoms with Crippen LogP contribution < -0.4 is 0 Å². The van der Waals surface area contributed by atoms with Gasteiger partial charge in [-0.15, -0.1) is 0 Å². The Balaban J connectivity index is 0.912. The fraction of sp³-hybridized carbons (Fsp3) is 0.167. The van der Waals surface area contributed by atoms with Gasteiger partial charge in [0.1, 0.15) is 0 Å². The number of nitrogens with zero attached hydrogens (tertiary/aromatic N) is 2. The maximum absolute atomic E-state index is 5.21. The Morgan fingerprint density at radius 1 is 0.339 bits per heavy atom. The highest BCUT2D eigenvalue weighted by Crippen LogP contribution is 2.70. The van der Waals surface area contributed by atoms with E-state index in [-0.39, 0.29) is 5.41 Å². The molecule has 0 atom stereocenters. The van der Waals surface area contributed by atoms with Crippen LogP contribution in [0.5, 0.6) is 0 Å². The molecule has 9 aromatic rings. The molecule has 4 fully saturated rings. The minimum Gasteiger partial charge on any atom is -0.228 e. The number of fused-ring (bicyclic) bond motifs is 4. The van der Waals surface area contributed by atoms with Crippen molar-refractivity contribution in [2.24, 2.45) is 23.7 Å². The van der Waals surface area contributed by atoms with Crippen LogP contribution in [0.15, 0.2) is 194 Å². The van der Waals surface area contributed by atoms with Gasteiger partial charge in [-0.2, -0.15) is 0 Å². The Kier molecular flexibility index (Phi) is 8.13. The van der Waals surface area contributed by atoms with Gasteiger partial charge in [0.25, 0.3) is 0 Å². The molecule has 296 valence electrons. The third-order valence-electron chi connectivity index (χ3n) is 15.2. The van der Waals surface area contributed by atoms with Crippen LogP contribution in [-0.2, 0) is 5.41 Å². The highest BCUT2D eigenvalue weighted by molar-refractivity contribution is 5.99. The Morgan fingerprint density at radius 2 is 0.855 bits per heavy atom. The molecule has 0 unspecified atom stereocenters. The Bertz CT molecular complexity index is 3150. The number of rotatable bonds is 6. The van der Waals surface area contributed by atoms with Crippen molar-refractivity contribution in [3.05, 3.63) is 205 Å². The molecule has 2 heteroatoms. The van der Waals surface area contributed by atoms with Crippen LogP contribution in [0.2, 0.25) is 0 Å². The first-order valence-corrected chi connectivity index (χ1v) is 22.6. The summed E-state index contributed by atoms with van der Waals surface area (Å²) in [7, 11) is 0. The van der Waals surface area contributed by atoms with Crippen molar-refractivity contribution >= 4 is 10.8 Å². The second-order valence-electron chi connectivity index (χ2n) is 18.6. The third kappa shape index (κ3) is 5.62. The Labute approximate surface area is 364 Å². The first-order valence-electron chi connectivity index (χ1n) is 22.6. The second kappa shape index (κ2) is 14.1. The van der Waals surface area contributed by atoms with Crippen LogP contribution in [0.1, 0.15) is 43.2 Å². The number of hydrogen-bond donors (Lipinski definition) is 0. The van der Waals surface area contributed by atoms with Crippen molar-refractivity contribution in [3.8, 4) is 78.4 Å². The van der Waals surface area contributed by atoms with E-state index in [0.717, 1.165) is 57.6 Å². The topological polar surface area (TPSA) is 25.8 Å². The van der Waals surface area contributed by atoms with Crippen LogP contribution in [0.4, 0.5) is 0 Å². The average Bonchev–Trinajstić information content (AvgIpc) is 3.62. The standard InChI is InChI=1S/C60H46N2/c1-3-12-40(13-4-1)41-24-26-42(27-25-41)56-37-57(62-59(61-56)43-14-5-2-6-15-43)49-21-10-19-45(34-49)44-18-9-20-48(33-44)52-22-11-23-54-58(52)53-35-46-16-7-8-17-47(46)36-55(53)60(54)50-29-38-28-39(31-50)32-51(60)30-38/h1-27,33-39,50-51H,28-32H2. The minimum absolute atomic E-state index is 0.114. The van der Waals surface area contributed by atoms with E-state index in [2.05, 4.69) is 188 Å². The fourth-order valence-corrected chi connectivity index (χ4v) is 12.8. The van der Waals surface area contributed by atoms with Crippen molar-refractivity contribution in [1.29, 1.82) is 0 Å². The molecule has 4 bridgehead atoms. The van der Waals surface area contributed by atoms with Gasteiger partial charge < -0.3 is 0 Å². The molecule has 5 aliphatic carbocycles. The first-order chi connectivity index (χ1) is 30.7. The molecule has 0 saturated heterocycles. The van der Waals surface area contributed by atoms with E-state index in [4.69, 9.17) is 9.97 Å². The summed E-state index contributed by atoms with van der Waals surface area (Å²) in [5.74, 6) is 4.00. The van der Waals surface area contributed by atoms with Gasteiger partial charge in [0, 0.05) is 22.1 Å². The SMILES string of the molecule is c1ccc(-c2ccc(-c3cc(-c4cccc(-c5cccc(-c6cccc7c6-c6cc8ccccc8cc6C76C7CC8CC(C7)CC6C8)c5)c4)nc(-c4ccccc4)n3)cc2)cc1. The maximum Gasteiger partial charge on any atom is 0.160 e. The van der Waals surface area contributed by atoms with Gasteiger partial charge in [-0.05, 0) is 153 Å². The summed E-state index contributed by atoms with van der Waals surface area (Å²) in [5.41, 5.74) is 18.6. The number of benzene rings is 8. The number of hydrogen-bond acceptors (Lipinski definition) is 2. The smallest absolute Gasteiger partial charge is 0.160 e. The van der Waals surface area contributed by atoms with Crippen LogP contribution in [0, 0.1) is 23.7 Å². The van der Waals surface area contributed by atoms with E-state index >= 15 is 0 Å². The predicted octanol–water partition coefficient (Wildman–Crippen LogP) is 15.4. The lowest BCUT2D eigenvalue weighted by molar-refractivity contribution is -0.0398. The molecular formula is C60H46N2. The normalized spacial score (nSPS) is 21.6. The molecule has 1 spiro atoms. The van der Waals surface area contributed by atoms with Crippen molar-refractivity contribution in [2.45, 2.75) is 37.5 Å². The van der Waals surface area contributed by atoms with Gasteiger partial charge in [0.15, 0.2) is 5.82 Å². The zero-order valence-corrected chi connectivity index (χ0v) is 34.7. The molecule has 2 nitrogen and oxygen atoms in total. The lowest BCUT2D eigenvalue weighted by Crippen LogP contribution is -2.55. The zero-order chi connectivity index (χ0) is 40.8. The molecule has 1 aromatic heterocycles. The lowest BCUT2D eigenvalue weighted by Gasteiger charge is -2.61. The van der Waals surface area contributed by atoms with Crippen molar-refractivity contribution < 1.29 is 0 Å². The molecule has 0 radical (unpaired) electrons. The predicted molar refractivity (Wildman–Crippen MR) is 255 cm³/mol. The van der Waals surface area contributed by atoms with E-state index in [1.807, 2.05) is 6.07 Å². The summed E-state index contributed by atoms with van der Waals surface area (Å²) in [4.78, 5) is 10.3. The van der Waals surface area contributed by atoms with Crippen molar-refractivity contribution in [2.75, 3.05) is 0 Å². The van der Waals surface area contributed by atoms with Gasteiger partial charge in [-0.3, -0.25) is 0 Å². The zero-order valence-electron chi connectivity index (χ0n) is 34.7. The minimum atomic E-state index is 0.114. The summed E-state index contributed by atoms with van der Waals surface area (Å²) < 4.78 is 0. The van der Waals surface area contributed by atoms with Gasteiger partial charge in [-0.25, -0.2) is 9.97 Å². The molecule has 62 heavy (non-hydrogen) atoms. The van der Waals surface area contributed by atoms with Crippen LogP contribution in [-0.4, -0.2) is 9.97 Å². The van der Waals surface area contributed by atoms with E-state index in [1.165, 1.54) is 87.4 Å². The molecule has 0 aliphatic heterocycles. The van der Waals surface area contributed by atoms with Gasteiger partial charge >= 0.3 is 0 Å². The Morgan fingerprint density at radius 3 is 1.55 bits per heavy atom.